The number of aromatic nitrogens is 2. The summed E-state index contributed by atoms with van der Waals surface area (Å²) in [6.07, 6.45) is 0. The minimum Gasteiger partial charge on any atom is -0.263 e. The number of anilines is 1. The van der Waals surface area contributed by atoms with Gasteiger partial charge in [-0.15, -0.1) is 0 Å². The fourth-order valence-corrected chi connectivity index (χ4v) is 4.04. The van der Waals surface area contributed by atoms with E-state index in [1.165, 1.54) is 16.8 Å². The first kappa shape index (κ1) is 18.6. The Morgan fingerprint density at radius 1 is 1.12 bits per heavy atom. The molecule has 0 atom stereocenters. The normalized spacial score (nSPS) is 11.6. The largest absolute Gasteiger partial charge is 0.263 e. The molecular weight excluding hydrogens is 421 g/mol. The monoisotopic (exact) mass is 437 g/mol. The molecule has 26 heavy (non-hydrogen) atoms. The lowest BCUT2D eigenvalue weighted by atomic mass is 10.1. The van der Waals surface area contributed by atoms with Gasteiger partial charge in [-0.05, 0) is 49.2 Å². The van der Waals surface area contributed by atoms with Gasteiger partial charge in [0.1, 0.15) is 11.6 Å². The average Bonchev–Trinajstić information content (AvgIpc) is 2.84. The molecule has 1 heterocycles. The number of halogens is 2. The first-order valence-corrected chi connectivity index (χ1v) is 10.0. The second kappa shape index (κ2) is 6.85. The maximum atomic E-state index is 13.8. The van der Waals surface area contributed by atoms with E-state index in [-0.39, 0.29) is 4.90 Å². The summed E-state index contributed by atoms with van der Waals surface area (Å²) in [5.41, 5.74) is 2.57. The van der Waals surface area contributed by atoms with E-state index in [2.05, 4.69) is 25.8 Å². The summed E-state index contributed by atoms with van der Waals surface area (Å²) in [5, 5.41) is 4.32. The van der Waals surface area contributed by atoms with Crippen molar-refractivity contribution in [3.8, 4) is 11.1 Å². The SMILES string of the molecule is Cc1ccc(S(=O)(=O)Nc2c(-c3ccc(Br)cc3)c(C)nn2C)cc1F. The molecule has 0 saturated heterocycles. The molecule has 8 heteroatoms. The smallest absolute Gasteiger partial charge is 0.263 e. The summed E-state index contributed by atoms with van der Waals surface area (Å²) in [5.74, 6) is -0.243. The van der Waals surface area contributed by atoms with Gasteiger partial charge in [0.25, 0.3) is 10.0 Å². The quantitative estimate of drug-likeness (QED) is 0.657. The third-order valence-corrected chi connectivity index (χ3v) is 5.91. The number of hydrogen-bond acceptors (Lipinski definition) is 3. The van der Waals surface area contributed by atoms with Gasteiger partial charge in [-0.2, -0.15) is 5.10 Å². The van der Waals surface area contributed by atoms with Crippen LogP contribution in [0.3, 0.4) is 0 Å². The minimum absolute atomic E-state index is 0.138. The molecule has 2 aromatic carbocycles. The average molecular weight is 438 g/mol. The van der Waals surface area contributed by atoms with Gasteiger partial charge in [0.05, 0.1) is 10.6 Å². The fraction of sp³-hybridized carbons (Fsp3) is 0.167. The number of hydrogen-bond donors (Lipinski definition) is 1. The summed E-state index contributed by atoms with van der Waals surface area (Å²) in [7, 11) is -2.30. The summed E-state index contributed by atoms with van der Waals surface area (Å²) in [4.78, 5) is -0.138. The zero-order valence-corrected chi connectivity index (χ0v) is 16.8. The molecule has 1 N–H and O–H groups in total. The van der Waals surface area contributed by atoms with E-state index in [0.717, 1.165) is 16.1 Å². The van der Waals surface area contributed by atoms with E-state index in [9.17, 15) is 12.8 Å². The maximum Gasteiger partial charge on any atom is 0.263 e. The summed E-state index contributed by atoms with van der Waals surface area (Å²) >= 11 is 3.38. The van der Waals surface area contributed by atoms with Gasteiger partial charge in [-0.3, -0.25) is 9.40 Å². The van der Waals surface area contributed by atoms with E-state index in [1.54, 1.807) is 20.9 Å². The van der Waals surface area contributed by atoms with Crippen LogP contribution in [0.15, 0.2) is 51.8 Å². The Kier molecular flexibility index (Phi) is 4.90. The molecule has 0 saturated carbocycles. The van der Waals surface area contributed by atoms with Crippen molar-refractivity contribution >= 4 is 31.8 Å². The Morgan fingerprint density at radius 3 is 2.38 bits per heavy atom. The molecule has 3 rings (SSSR count). The number of aryl methyl sites for hydroxylation is 3. The third-order valence-electron chi connectivity index (χ3n) is 4.04. The van der Waals surface area contributed by atoms with E-state index >= 15 is 0 Å². The highest BCUT2D eigenvalue weighted by atomic mass is 79.9. The van der Waals surface area contributed by atoms with Gasteiger partial charge in [0.15, 0.2) is 0 Å². The Labute approximate surface area is 160 Å². The number of sulfonamides is 1. The minimum atomic E-state index is -3.96. The van der Waals surface area contributed by atoms with E-state index in [1.807, 2.05) is 24.3 Å². The van der Waals surface area contributed by atoms with Crippen molar-refractivity contribution in [1.29, 1.82) is 0 Å². The van der Waals surface area contributed by atoms with Crippen molar-refractivity contribution in [2.45, 2.75) is 18.7 Å². The zero-order chi connectivity index (χ0) is 19.1. The first-order valence-electron chi connectivity index (χ1n) is 7.77. The van der Waals surface area contributed by atoms with Crippen LogP contribution in [-0.4, -0.2) is 18.2 Å². The topological polar surface area (TPSA) is 64.0 Å². The number of rotatable bonds is 4. The van der Waals surface area contributed by atoms with Crippen molar-refractivity contribution < 1.29 is 12.8 Å². The van der Waals surface area contributed by atoms with Gasteiger partial charge >= 0.3 is 0 Å². The summed E-state index contributed by atoms with van der Waals surface area (Å²) in [6.45, 7) is 3.38. The third kappa shape index (κ3) is 3.52. The van der Waals surface area contributed by atoms with Crippen LogP contribution in [0.25, 0.3) is 11.1 Å². The Hall–Kier alpha value is -2.19. The highest BCUT2D eigenvalue weighted by Crippen LogP contribution is 2.33. The maximum absolute atomic E-state index is 13.8. The molecule has 0 amide bonds. The summed E-state index contributed by atoms with van der Waals surface area (Å²) < 4.78 is 44.2. The van der Waals surface area contributed by atoms with Crippen LogP contribution in [0.1, 0.15) is 11.3 Å². The van der Waals surface area contributed by atoms with Crippen LogP contribution >= 0.6 is 15.9 Å². The molecule has 0 aliphatic rings. The van der Waals surface area contributed by atoms with E-state index in [4.69, 9.17) is 0 Å². The van der Waals surface area contributed by atoms with Gasteiger partial charge in [0.2, 0.25) is 0 Å². The predicted octanol–water partition coefficient (Wildman–Crippen LogP) is 4.41. The Balaban J connectivity index is 2.07. The van der Waals surface area contributed by atoms with Gasteiger partial charge < -0.3 is 0 Å². The molecule has 0 aliphatic heterocycles. The number of nitrogens with one attached hydrogen (secondary N) is 1. The lowest BCUT2D eigenvalue weighted by Gasteiger charge is -2.12. The molecule has 0 bridgehead atoms. The van der Waals surface area contributed by atoms with Crippen LogP contribution < -0.4 is 4.72 Å². The lowest BCUT2D eigenvalue weighted by molar-refractivity contribution is 0.592. The van der Waals surface area contributed by atoms with E-state index < -0.39 is 15.8 Å². The fourth-order valence-electron chi connectivity index (χ4n) is 2.66. The highest BCUT2D eigenvalue weighted by Gasteiger charge is 2.22. The molecular formula is C18H17BrFN3O2S. The second-order valence-electron chi connectivity index (χ2n) is 5.96. The van der Waals surface area contributed by atoms with Crippen molar-refractivity contribution in [3.05, 3.63) is 64.0 Å². The van der Waals surface area contributed by atoms with Crippen molar-refractivity contribution in [2.75, 3.05) is 4.72 Å². The van der Waals surface area contributed by atoms with Gasteiger partial charge in [-0.25, -0.2) is 12.8 Å². The van der Waals surface area contributed by atoms with Crippen molar-refractivity contribution in [2.24, 2.45) is 7.05 Å². The van der Waals surface area contributed by atoms with Gasteiger partial charge in [0, 0.05) is 17.1 Å². The van der Waals surface area contributed by atoms with Crippen LogP contribution in [0, 0.1) is 19.7 Å². The second-order valence-corrected chi connectivity index (χ2v) is 8.55. The predicted molar refractivity (Wildman–Crippen MR) is 103 cm³/mol. The Bertz CT molecular complexity index is 1080. The van der Waals surface area contributed by atoms with Gasteiger partial charge in [-0.1, -0.05) is 34.1 Å². The molecule has 136 valence electrons. The summed E-state index contributed by atoms with van der Waals surface area (Å²) in [6, 6.07) is 11.3. The van der Waals surface area contributed by atoms with Crippen LogP contribution in [0.4, 0.5) is 10.2 Å². The Morgan fingerprint density at radius 2 is 1.77 bits per heavy atom. The zero-order valence-electron chi connectivity index (χ0n) is 14.4. The molecule has 0 aliphatic carbocycles. The standard InChI is InChI=1S/C18H17BrFN3O2S/c1-11-4-9-15(10-16(11)20)26(24,25)22-18-17(12(2)21-23(18)3)13-5-7-14(19)8-6-13/h4-10,22H,1-3H3. The van der Waals surface area contributed by atoms with Crippen LogP contribution in [-0.2, 0) is 17.1 Å². The molecule has 5 nitrogen and oxygen atoms in total. The first-order chi connectivity index (χ1) is 12.2. The lowest BCUT2D eigenvalue weighted by Crippen LogP contribution is -2.16. The number of benzene rings is 2. The molecule has 3 aromatic rings. The molecule has 0 radical (unpaired) electrons. The molecule has 1 aromatic heterocycles. The van der Waals surface area contributed by atoms with Crippen LogP contribution in [0.2, 0.25) is 0 Å². The molecule has 0 fully saturated rings. The van der Waals surface area contributed by atoms with Crippen molar-refractivity contribution in [3.63, 3.8) is 0 Å². The van der Waals surface area contributed by atoms with Crippen LogP contribution in [0.5, 0.6) is 0 Å². The highest BCUT2D eigenvalue weighted by molar-refractivity contribution is 9.10. The van der Waals surface area contributed by atoms with E-state index in [0.29, 0.717) is 22.6 Å². The van der Waals surface area contributed by atoms with Crippen molar-refractivity contribution in [1.82, 2.24) is 9.78 Å². The molecule has 0 spiro atoms. The molecule has 0 unspecified atom stereocenters. The number of nitrogens with zero attached hydrogens (tertiary/aromatic N) is 2.